The van der Waals surface area contributed by atoms with Crippen molar-refractivity contribution in [2.24, 2.45) is 21.1 Å². The Morgan fingerprint density at radius 2 is 0.843 bits per heavy atom. The lowest BCUT2D eigenvalue weighted by molar-refractivity contribution is -0.660. The van der Waals surface area contributed by atoms with Gasteiger partial charge >= 0.3 is 0 Å². The van der Waals surface area contributed by atoms with Crippen molar-refractivity contribution in [3.63, 3.8) is 0 Å². The van der Waals surface area contributed by atoms with Crippen LogP contribution in [0.15, 0.2) is 135 Å². The normalized spacial score (nSPS) is 15.6. The molecule has 0 bridgehead atoms. The van der Waals surface area contributed by atoms with Crippen LogP contribution in [0.2, 0.25) is 0 Å². The number of aryl methyl sites for hydroxylation is 13. The Morgan fingerprint density at radius 1 is 0.386 bits per heavy atom. The number of nitrogens with zero attached hydrogens (tertiary/aromatic N) is 6. The predicted molar refractivity (Wildman–Crippen MR) is 282 cm³/mol. The molecule has 12 aromatic rings. The first-order valence-corrected chi connectivity index (χ1v) is 22.6. The summed E-state index contributed by atoms with van der Waals surface area (Å²) >= 11 is 0. The number of rotatable bonds is 3. The van der Waals surface area contributed by atoms with Crippen LogP contribution in [0.3, 0.4) is 0 Å². The number of benzene rings is 3. The number of fused-ring (bicyclic) bond motifs is 9. The zero-order chi connectivity index (χ0) is 61.8. The van der Waals surface area contributed by atoms with E-state index < -0.39 is 34.3 Å². The van der Waals surface area contributed by atoms with Crippen LogP contribution in [0.25, 0.3) is 100.0 Å². The Bertz CT molecular complexity index is 4640. The summed E-state index contributed by atoms with van der Waals surface area (Å²) in [5.74, 6) is 0. The Labute approximate surface area is 429 Å². The van der Waals surface area contributed by atoms with Gasteiger partial charge in [-0.15, -0.1) is 0 Å². The Kier molecular flexibility index (Phi) is 7.92. The van der Waals surface area contributed by atoms with E-state index in [9.17, 15) is 0 Å². The molecule has 0 atom stereocenters. The van der Waals surface area contributed by atoms with Crippen molar-refractivity contribution in [1.29, 1.82) is 0 Å². The lowest BCUT2D eigenvalue weighted by Gasteiger charge is -2.09. The van der Waals surface area contributed by atoms with Crippen LogP contribution in [0, 0.1) is 68.9 Å². The fraction of sp³-hybridized carbons (Fsp3) is 0.213. The highest BCUT2D eigenvalue weighted by molar-refractivity contribution is 6.12. The Balaban J connectivity index is 0.000000142. The molecule has 0 saturated heterocycles. The van der Waals surface area contributed by atoms with E-state index in [1.807, 2.05) is 63.6 Å². The van der Waals surface area contributed by atoms with E-state index in [2.05, 4.69) is 21.0 Å². The number of hydrogen-bond acceptors (Lipinski definition) is 6. The van der Waals surface area contributed by atoms with Crippen molar-refractivity contribution in [1.82, 2.24) is 15.0 Å². The highest BCUT2D eigenvalue weighted by atomic mass is 16.3. The third-order valence-corrected chi connectivity index (χ3v) is 12.9. The molecule has 348 valence electrons. The fourth-order valence-corrected chi connectivity index (χ4v) is 9.42. The molecular formula is C61H59N6O3+3. The molecule has 0 spiro atoms. The van der Waals surface area contributed by atoms with E-state index >= 15 is 0 Å². The van der Waals surface area contributed by atoms with Crippen LogP contribution in [0.1, 0.15) is 76.2 Å². The van der Waals surface area contributed by atoms with Gasteiger partial charge in [-0.05, 0) is 150 Å². The van der Waals surface area contributed by atoms with Gasteiger partial charge in [0.1, 0.15) is 21.1 Å². The number of pyridine rings is 6. The fourth-order valence-electron chi connectivity index (χ4n) is 9.42. The predicted octanol–water partition coefficient (Wildman–Crippen LogP) is 13.5. The van der Waals surface area contributed by atoms with Gasteiger partial charge in [0.05, 0.1) is 16.7 Å². The highest BCUT2D eigenvalue weighted by Crippen LogP contribution is 2.41. The highest BCUT2D eigenvalue weighted by Gasteiger charge is 2.25. The lowest BCUT2D eigenvalue weighted by Crippen LogP contribution is -2.31. The molecule has 0 aliphatic heterocycles. The SMILES string of the molecule is [2H]C([2H])([2H])c1c[n+](C)c(-c2c(C)cc(C([2H])([2H])[2H])c3c2oc2ncccc23)cc1C.[2H]C([2H])([2H])c1c[n+](C)c(-c2c(C)ccc3c2oc2ncccc23)cc1C.[2H]C([2H])([2H])c1ccc(-c2c(C)cc(C([2H])([2H])[2H])c3c2oc2ncccc23)[n+](C)c1. The van der Waals surface area contributed by atoms with E-state index in [0.29, 0.717) is 66.5 Å². The summed E-state index contributed by atoms with van der Waals surface area (Å²) in [4.78, 5) is 12.8. The second-order valence-electron chi connectivity index (χ2n) is 17.8. The van der Waals surface area contributed by atoms with E-state index in [4.69, 9.17) is 33.8 Å². The Morgan fingerprint density at radius 3 is 1.34 bits per heavy atom. The van der Waals surface area contributed by atoms with Crippen LogP contribution < -0.4 is 13.7 Å². The first kappa shape index (κ1) is 31.2. The summed E-state index contributed by atoms with van der Waals surface area (Å²) in [6, 6.07) is 25.4. The summed E-state index contributed by atoms with van der Waals surface area (Å²) in [6.45, 7) is -1.93. The van der Waals surface area contributed by atoms with E-state index in [-0.39, 0.29) is 22.3 Å². The van der Waals surface area contributed by atoms with Gasteiger partial charge in [0.25, 0.3) is 0 Å². The van der Waals surface area contributed by atoms with E-state index in [0.717, 1.165) is 66.8 Å². The largest absolute Gasteiger partial charge is 0.437 e. The third-order valence-electron chi connectivity index (χ3n) is 12.9. The minimum absolute atomic E-state index is 0.210. The van der Waals surface area contributed by atoms with Gasteiger partial charge in [-0.3, -0.25) is 0 Å². The minimum atomic E-state index is -2.32. The van der Waals surface area contributed by atoms with Gasteiger partial charge in [-0.25, -0.2) is 28.7 Å². The summed E-state index contributed by atoms with van der Waals surface area (Å²) < 4.78 is 141. The molecule has 9 aromatic heterocycles. The zero-order valence-corrected chi connectivity index (χ0v) is 40.0. The van der Waals surface area contributed by atoms with Crippen LogP contribution in [0.4, 0.5) is 0 Å². The van der Waals surface area contributed by atoms with Gasteiger partial charge in [-0.2, -0.15) is 0 Å². The molecular weight excluding hydrogens is 865 g/mol. The van der Waals surface area contributed by atoms with Gasteiger partial charge in [0, 0.05) is 106 Å². The molecule has 9 heterocycles. The number of hydrogen-bond donors (Lipinski definition) is 0. The maximum absolute atomic E-state index is 8.02. The average Bonchev–Trinajstić information content (AvgIpc) is 1.71. The van der Waals surface area contributed by atoms with Crippen LogP contribution in [-0.2, 0) is 21.1 Å². The second kappa shape index (κ2) is 17.8. The molecule has 0 unspecified atom stereocenters. The standard InChI is InChI=1S/C21H21N2O.2C20H19N2O/c1-12-10-17(23(5)11-15(12)4)19-14(3)9-13(2)18-16-7-6-8-22-21(16)24-20(18)19;1-12-7-8-15-16-6-5-9-21-20(16)23-19(15)18(12)17-10-13(2)14(3)11-22(17)4;1-12-7-8-16(22(4)11-12)18-14(3)10-13(2)17-15-6-5-9-21-20(15)23-19(17)18/h6-11H,1-5H3;2*5-11H,1-4H3/q3*+1/i2D3,4D3;3D3;1D3,2D3. The first-order chi connectivity index (χ1) is 39.6. The molecule has 0 aliphatic rings. The van der Waals surface area contributed by atoms with Crippen LogP contribution >= 0.6 is 0 Å². The summed E-state index contributed by atoms with van der Waals surface area (Å²) in [7, 11) is 5.39. The molecule has 0 amide bonds. The molecule has 0 fully saturated rings. The molecule has 0 aliphatic carbocycles. The van der Waals surface area contributed by atoms with E-state index in [1.165, 1.54) is 0 Å². The lowest BCUT2D eigenvalue weighted by atomic mass is 9.96. The van der Waals surface area contributed by atoms with Gasteiger partial charge in [0.15, 0.2) is 35.3 Å². The second-order valence-corrected chi connectivity index (χ2v) is 17.8. The number of furan rings is 3. The topological polar surface area (TPSA) is 89.7 Å². The minimum Gasteiger partial charge on any atom is -0.437 e. The molecule has 3 aromatic carbocycles. The zero-order valence-electron chi connectivity index (χ0n) is 55.0. The first-order valence-electron chi connectivity index (χ1n) is 30.1. The molecule has 9 heteroatoms. The smallest absolute Gasteiger partial charge is 0.227 e. The maximum Gasteiger partial charge on any atom is 0.227 e. The molecule has 9 nitrogen and oxygen atoms in total. The van der Waals surface area contributed by atoms with Crippen LogP contribution in [-0.4, -0.2) is 15.0 Å². The quantitative estimate of drug-likeness (QED) is 0.164. The summed E-state index contributed by atoms with van der Waals surface area (Å²) in [5.41, 5.74) is 12.9. The monoisotopic (exact) mass is 939 g/mol. The summed E-state index contributed by atoms with van der Waals surface area (Å²) in [6.07, 6.45) is 9.76. The molecule has 0 N–H and O–H groups in total. The van der Waals surface area contributed by atoms with Crippen molar-refractivity contribution in [3.8, 4) is 33.8 Å². The third kappa shape index (κ3) is 7.85. The van der Waals surface area contributed by atoms with Gasteiger partial charge in [-0.1, -0.05) is 24.3 Å². The number of aromatic nitrogens is 6. The van der Waals surface area contributed by atoms with Crippen molar-refractivity contribution >= 4 is 66.2 Å². The summed E-state index contributed by atoms with van der Waals surface area (Å²) in [5, 5.41) is 4.27. The van der Waals surface area contributed by atoms with Gasteiger partial charge in [0.2, 0.25) is 34.2 Å². The molecule has 70 heavy (non-hydrogen) atoms. The maximum atomic E-state index is 8.02. The Hall–Kier alpha value is -8.04. The van der Waals surface area contributed by atoms with Crippen molar-refractivity contribution in [3.05, 3.63) is 178 Å². The van der Waals surface area contributed by atoms with Crippen LogP contribution in [0.5, 0.6) is 0 Å². The van der Waals surface area contributed by atoms with Gasteiger partial charge < -0.3 is 13.3 Å². The average molecular weight is 939 g/mol. The molecule has 0 radical (unpaired) electrons. The molecule has 0 saturated carbocycles. The van der Waals surface area contributed by atoms with Crippen molar-refractivity contribution in [2.45, 2.75) is 68.9 Å². The molecule has 12 rings (SSSR count). The van der Waals surface area contributed by atoms with Crippen molar-refractivity contribution in [2.75, 3.05) is 0 Å². The van der Waals surface area contributed by atoms with Crippen molar-refractivity contribution < 1.29 is 47.5 Å². The van der Waals surface area contributed by atoms with E-state index in [1.54, 1.807) is 122 Å².